The van der Waals surface area contributed by atoms with Gasteiger partial charge < -0.3 is 10.4 Å². The minimum Gasteiger partial charge on any atom is -0.387 e. The van der Waals surface area contributed by atoms with Crippen LogP contribution in [0.15, 0.2) is 18.2 Å². The van der Waals surface area contributed by atoms with Crippen LogP contribution in [0.3, 0.4) is 0 Å². The van der Waals surface area contributed by atoms with E-state index in [1.54, 1.807) is 0 Å². The van der Waals surface area contributed by atoms with Crippen molar-refractivity contribution in [2.75, 3.05) is 13.1 Å². The molecule has 1 atom stereocenters. The van der Waals surface area contributed by atoms with Crippen molar-refractivity contribution >= 4 is 0 Å². The minimum absolute atomic E-state index is 0.287. The van der Waals surface area contributed by atoms with Crippen molar-refractivity contribution in [3.8, 4) is 12.3 Å². The molecule has 1 aromatic carbocycles. The number of nitrogens with one attached hydrogen (secondary N) is 1. The van der Waals surface area contributed by atoms with E-state index in [1.807, 2.05) is 0 Å². The van der Waals surface area contributed by atoms with Crippen LogP contribution in [-0.4, -0.2) is 18.2 Å². The molecule has 0 saturated heterocycles. The maximum Gasteiger partial charge on any atom is 0.159 e. The average molecular weight is 239 g/mol. The maximum absolute atomic E-state index is 12.9. The molecule has 0 aromatic heterocycles. The molecule has 0 fully saturated rings. The van der Waals surface area contributed by atoms with Gasteiger partial charge in [-0.2, -0.15) is 0 Å². The fourth-order valence-electron chi connectivity index (χ4n) is 1.39. The lowest BCUT2D eigenvalue weighted by atomic mass is 10.1. The van der Waals surface area contributed by atoms with E-state index in [9.17, 15) is 13.9 Å². The first kappa shape index (κ1) is 13.6. The Labute approximate surface area is 99.7 Å². The lowest BCUT2D eigenvalue weighted by Gasteiger charge is -2.12. The highest BCUT2D eigenvalue weighted by Gasteiger charge is 2.10. The topological polar surface area (TPSA) is 32.3 Å². The van der Waals surface area contributed by atoms with Gasteiger partial charge in [0, 0.05) is 13.0 Å². The Morgan fingerprint density at radius 3 is 2.76 bits per heavy atom. The zero-order valence-electron chi connectivity index (χ0n) is 9.42. The van der Waals surface area contributed by atoms with Gasteiger partial charge >= 0.3 is 0 Å². The van der Waals surface area contributed by atoms with Crippen LogP contribution in [0.25, 0.3) is 0 Å². The Hall–Kier alpha value is -1.44. The summed E-state index contributed by atoms with van der Waals surface area (Å²) in [7, 11) is 0. The highest BCUT2D eigenvalue weighted by molar-refractivity contribution is 5.20. The first-order valence-electron chi connectivity index (χ1n) is 5.42. The fraction of sp³-hybridized carbons (Fsp3) is 0.385. The van der Waals surface area contributed by atoms with Gasteiger partial charge in [-0.15, -0.1) is 12.3 Å². The van der Waals surface area contributed by atoms with Crippen LogP contribution >= 0.6 is 0 Å². The summed E-state index contributed by atoms with van der Waals surface area (Å²) in [6.07, 6.45) is 5.73. The molecular weight excluding hydrogens is 224 g/mol. The van der Waals surface area contributed by atoms with Gasteiger partial charge in [0.25, 0.3) is 0 Å². The van der Waals surface area contributed by atoms with Crippen LogP contribution in [0.1, 0.15) is 24.5 Å². The molecule has 17 heavy (non-hydrogen) atoms. The summed E-state index contributed by atoms with van der Waals surface area (Å²) in [6, 6.07) is 3.38. The number of benzene rings is 1. The van der Waals surface area contributed by atoms with E-state index in [4.69, 9.17) is 6.42 Å². The van der Waals surface area contributed by atoms with Crippen molar-refractivity contribution in [3.05, 3.63) is 35.4 Å². The number of rotatable bonds is 6. The van der Waals surface area contributed by atoms with Gasteiger partial charge in [-0.05, 0) is 30.7 Å². The van der Waals surface area contributed by atoms with Crippen LogP contribution in [0.2, 0.25) is 0 Å². The zero-order valence-corrected chi connectivity index (χ0v) is 9.42. The van der Waals surface area contributed by atoms with Crippen LogP contribution in [-0.2, 0) is 0 Å². The third kappa shape index (κ3) is 4.51. The SMILES string of the molecule is C#CCCCNCC(O)c1ccc(F)c(F)c1. The predicted molar refractivity (Wildman–Crippen MR) is 62.3 cm³/mol. The summed E-state index contributed by atoms with van der Waals surface area (Å²) in [5.41, 5.74) is 0.355. The second-order valence-corrected chi connectivity index (χ2v) is 3.70. The van der Waals surface area contributed by atoms with Gasteiger partial charge in [0.2, 0.25) is 0 Å². The molecule has 0 aliphatic heterocycles. The molecule has 4 heteroatoms. The lowest BCUT2D eigenvalue weighted by Crippen LogP contribution is -2.22. The van der Waals surface area contributed by atoms with E-state index in [0.29, 0.717) is 18.5 Å². The summed E-state index contributed by atoms with van der Waals surface area (Å²) in [4.78, 5) is 0. The van der Waals surface area contributed by atoms with E-state index in [0.717, 1.165) is 18.6 Å². The van der Waals surface area contributed by atoms with Crippen molar-refractivity contribution in [3.63, 3.8) is 0 Å². The molecule has 0 aliphatic carbocycles. The molecule has 1 rings (SSSR count). The number of halogens is 2. The molecule has 0 heterocycles. The minimum atomic E-state index is -0.950. The molecule has 0 radical (unpaired) electrons. The Morgan fingerprint density at radius 1 is 1.35 bits per heavy atom. The Bertz CT molecular complexity index is 401. The smallest absolute Gasteiger partial charge is 0.159 e. The molecule has 0 bridgehead atoms. The van der Waals surface area contributed by atoms with Crippen molar-refractivity contribution in [2.45, 2.75) is 18.9 Å². The van der Waals surface area contributed by atoms with Crippen molar-refractivity contribution in [1.29, 1.82) is 0 Å². The molecule has 0 spiro atoms. The second-order valence-electron chi connectivity index (χ2n) is 3.70. The lowest BCUT2D eigenvalue weighted by molar-refractivity contribution is 0.174. The highest BCUT2D eigenvalue weighted by Crippen LogP contribution is 2.15. The highest BCUT2D eigenvalue weighted by atomic mass is 19.2. The second kappa shape index (κ2) is 7.00. The molecule has 1 unspecified atom stereocenters. The van der Waals surface area contributed by atoms with Gasteiger partial charge in [-0.25, -0.2) is 8.78 Å². The maximum atomic E-state index is 12.9. The third-order valence-electron chi connectivity index (χ3n) is 2.34. The summed E-state index contributed by atoms with van der Waals surface area (Å²) in [5.74, 6) is 0.643. The van der Waals surface area contributed by atoms with Crippen LogP contribution in [0.5, 0.6) is 0 Å². The van der Waals surface area contributed by atoms with Crippen molar-refractivity contribution < 1.29 is 13.9 Å². The summed E-state index contributed by atoms with van der Waals surface area (Å²) in [5, 5.41) is 12.7. The molecule has 2 nitrogen and oxygen atoms in total. The summed E-state index contributed by atoms with van der Waals surface area (Å²) in [6.45, 7) is 0.973. The number of hydrogen-bond acceptors (Lipinski definition) is 2. The van der Waals surface area contributed by atoms with E-state index >= 15 is 0 Å². The van der Waals surface area contributed by atoms with Gasteiger partial charge in [-0.3, -0.25) is 0 Å². The van der Waals surface area contributed by atoms with Gasteiger partial charge in [0.15, 0.2) is 11.6 Å². The molecule has 92 valence electrons. The van der Waals surface area contributed by atoms with Crippen LogP contribution in [0, 0.1) is 24.0 Å². The van der Waals surface area contributed by atoms with Gasteiger partial charge in [-0.1, -0.05) is 6.07 Å². The molecule has 1 aromatic rings. The number of hydrogen-bond donors (Lipinski definition) is 2. The summed E-state index contributed by atoms with van der Waals surface area (Å²) >= 11 is 0. The number of terminal acetylenes is 1. The van der Waals surface area contributed by atoms with Crippen molar-refractivity contribution in [2.24, 2.45) is 0 Å². The first-order chi connectivity index (χ1) is 8.15. The van der Waals surface area contributed by atoms with Crippen LogP contribution in [0.4, 0.5) is 8.78 Å². The van der Waals surface area contributed by atoms with Crippen molar-refractivity contribution in [1.82, 2.24) is 5.32 Å². The van der Waals surface area contributed by atoms with E-state index < -0.39 is 17.7 Å². The predicted octanol–water partition coefficient (Wildman–Crippen LogP) is 2.00. The summed E-state index contributed by atoms with van der Waals surface area (Å²) < 4.78 is 25.6. The third-order valence-corrected chi connectivity index (χ3v) is 2.34. The average Bonchev–Trinajstić information content (AvgIpc) is 2.32. The first-order valence-corrected chi connectivity index (χ1v) is 5.42. The number of aliphatic hydroxyl groups excluding tert-OH is 1. The normalized spacial score (nSPS) is 12.1. The van der Waals surface area contributed by atoms with Gasteiger partial charge in [0.05, 0.1) is 6.10 Å². The van der Waals surface area contributed by atoms with Crippen LogP contribution < -0.4 is 5.32 Å². The van der Waals surface area contributed by atoms with E-state index in [-0.39, 0.29) is 6.54 Å². The number of aliphatic hydroxyl groups is 1. The molecule has 0 aliphatic rings. The molecule has 0 amide bonds. The quantitative estimate of drug-likeness (QED) is 0.588. The van der Waals surface area contributed by atoms with Gasteiger partial charge in [0.1, 0.15) is 0 Å². The largest absolute Gasteiger partial charge is 0.387 e. The molecule has 0 saturated carbocycles. The van der Waals surface area contributed by atoms with E-state index in [2.05, 4.69) is 11.2 Å². The zero-order chi connectivity index (χ0) is 12.7. The monoisotopic (exact) mass is 239 g/mol. The molecule has 2 N–H and O–H groups in total. The Kier molecular flexibility index (Phi) is 5.61. The number of unbranched alkanes of at least 4 members (excludes halogenated alkanes) is 1. The van der Waals surface area contributed by atoms with E-state index in [1.165, 1.54) is 6.07 Å². The Balaban J connectivity index is 2.39. The molecular formula is C13H15F2NO. The Morgan fingerprint density at radius 2 is 2.12 bits per heavy atom. The standard InChI is InChI=1S/C13H15F2NO/c1-2-3-4-7-16-9-13(17)10-5-6-11(14)12(15)8-10/h1,5-6,8,13,16-17H,3-4,7,9H2. The fourth-order valence-corrected chi connectivity index (χ4v) is 1.39.